The lowest BCUT2D eigenvalue weighted by Crippen LogP contribution is -2.51. The smallest absolute Gasteiger partial charge is 0.418 e. The molecule has 1 aromatic carbocycles. The third-order valence-corrected chi connectivity index (χ3v) is 8.12. The molecule has 2 aliphatic heterocycles. The highest BCUT2D eigenvalue weighted by atomic mass is 19.4. The number of alkyl halides is 6. The number of hydrazine groups is 1. The summed E-state index contributed by atoms with van der Waals surface area (Å²) in [6, 6.07) is 4.55. The Hall–Kier alpha value is -3.78. The molecule has 0 radical (unpaired) electrons. The molecule has 3 aliphatic rings. The van der Waals surface area contributed by atoms with Crippen LogP contribution in [-0.2, 0) is 15.8 Å². The van der Waals surface area contributed by atoms with Crippen LogP contribution in [0, 0.1) is 16.7 Å². The maximum Gasteiger partial charge on any atom is 0.418 e. The number of halogens is 6. The summed E-state index contributed by atoms with van der Waals surface area (Å²) in [6.07, 6.45) is -9.65. The van der Waals surface area contributed by atoms with E-state index in [-0.39, 0.29) is 37.0 Å². The zero-order valence-electron chi connectivity index (χ0n) is 20.2. The van der Waals surface area contributed by atoms with Crippen LogP contribution in [0.15, 0.2) is 30.5 Å². The Morgan fingerprint density at radius 3 is 2.31 bits per heavy atom. The van der Waals surface area contributed by atoms with Crippen molar-refractivity contribution in [3.05, 3.63) is 36.0 Å². The maximum atomic E-state index is 14.3. The van der Waals surface area contributed by atoms with E-state index in [0.29, 0.717) is 0 Å². The first-order valence-corrected chi connectivity index (χ1v) is 12.0. The summed E-state index contributed by atoms with van der Waals surface area (Å²) in [4.78, 5) is 42.8. The number of amides is 3. The van der Waals surface area contributed by atoms with Gasteiger partial charge in [0.1, 0.15) is 5.41 Å². The summed E-state index contributed by atoms with van der Waals surface area (Å²) in [7, 11) is 0. The average Bonchev–Trinajstić information content (AvgIpc) is 3.43. The fourth-order valence-corrected chi connectivity index (χ4v) is 5.93. The number of anilines is 1. The van der Waals surface area contributed by atoms with Gasteiger partial charge in [0.25, 0.3) is 0 Å². The molecular weight excluding hydrogens is 536 g/mol. The minimum absolute atomic E-state index is 0.00233. The number of fused-ring (bicyclic) bond motifs is 2. The maximum absolute atomic E-state index is 14.3. The van der Waals surface area contributed by atoms with Gasteiger partial charge in [-0.3, -0.25) is 25.4 Å². The lowest BCUT2D eigenvalue weighted by molar-refractivity contribution is -0.191. The SMILES string of the molecule is O=C(NNC(=O)[C@]12CN(c3ccc(C(F)(F)F)c4ncccc34)C[C@@]1(C(F)(F)F)C2)C1CCN(C(=O)O)CC1. The Morgan fingerprint density at radius 2 is 1.69 bits per heavy atom. The number of hydrogen-bond acceptors (Lipinski definition) is 5. The fraction of sp³-hybridized carbons (Fsp3) is 0.500. The molecule has 3 fully saturated rings. The van der Waals surface area contributed by atoms with Gasteiger partial charge in [-0.15, -0.1) is 0 Å². The van der Waals surface area contributed by atoms with E-state index in [0.717, 1.165) is 23.2 Å². The molecule has 1 aliphatic carbocycles. The molecule has 1 aromatic heterocycles. The van der Waals surface area contributed by atoms with Crippen LogP contribution in [0.2, 0.25) is 0 Å². The van der Waals surface area contributed by atoms with Gasteiger partial charge in [0.05, 0.1) is 16.5 Å². The molecule has 210 valence electrons. The van der Waals surface area contributed by atoms with Crippen LogP contribution < -0.4 is 15.8 Å². The van der Waals surface area contributed by atoms with Crippen LogP contribution in [0.5, 0.6) is 0 Å². The quantitative estimate of drug-likeness (QED) is 0.392. The normalized spacial score (nSPS) is 25.4. The number of carbonyl (C=O) groups excluding carboxylic acids is 2. The number of piperidine rings is 2. The standard InChI is InChI=1S/C24H23F6N5O4/c25-23(26,27)15-3-4-16(14-2-1-7-31-17(14)15)35-11-21(10-22(21,12-35)24(28,29)30)19(37)33-32-18(36)13-5-8-34(9-6-13)20(38)39/h1-4,7,13H,5-6,8-12H2,(H,32,36)(H,33,37)(H,38,39)/t21-,22-/m0/s1. The van der Waals surface area contributed by atoms with Crippen molar-refractivity contribution in [3.63, 3.8) is 0 Å². The summed E-state index contributed by atoms with van der Waals surface area (Å²) in [5, 5.41) is 9.02. The average molecular weight is 559 g/mol. The Labute approximate surface area is 217 Å². The zero-order valence-corrected chi connectivity index (χ0v) is 20.2. The number of likely N-dealkylation sites (tertiary alicyclic amines) is 1. The van der Waals surface area contributed by atoms with Crippen molar-refractivity contribution in [1.29, 1.82) is 0 Å². The van der Waals surface area contributed by atoms with Gasteiger partial charge in [0, 0.05) is 49.4 Å². The first-order chi connectivity index (χ1) is 18.2. The second kappa shape index (κ2) is 8.88. The molecule has 2 atom stereocenters. The van der Waals surface area contributed by atoms with Crippen molar-refractivity contribution in [1.82, 2.24) is 20.7 Å². The van der Waals surface area contributed by atoms with E-state index >= 15 is 0 Å². The number of aromatic nitrogens is 1. The number of hydrogen-bond donors (Lipinski definition) is 3. The molecule has 3 heterocycles. The summed E-state index contributed by atoms with van der Waals surface area (Å²) in [5.41, 5.74) is -1.46. The van der Waals surface area contributed by atoms with Gasteiger partial charge in [-0.2, -0.15) is 26.3 Å². The lowest BCUT2D eigenvalue weighted by atomic mass is 9.95. The van der Waals surface area contributed by atoms with E-state index in [1.54, 1.807) is 0 Å². The number of benzene rings is 1. The largest absolute Gasteiger partial charge is 0.465 e. The van der Waals surface area contributed by atoms with Crippen LogP contribution in [-0.4, -0.2) is 65.3 Å². The van der Waals surface area contributed by atoms with E-state index in [4.69, 9.17) is 5.11 Å². The monoisotopic (exact) mass is 559 g/mol. The molecule has 9 nitrogen and oxygen atoms in total. The third kappa shape index (κ3) is 4.27. The highest BCUT2D eigenvalue weighted by Gasteiger charge is 2.86. The zero-order chi connectivity index (χ0) is 28.4. The minimum atomic E-state index is -4.80. The Morgan fingerprint density at radius 1 is 1.00 bits per heavy atom. The predicted octanol–water partition coefficient (Wildman–Crippen LogP) is 3.55. The predicted molar refractivity (Wildman–Crippen MR) is 123 cm³/mol. The minimum Gasteiger partial charge on any atom is -0.465 e. The molecule has 3 amide bonds. The molecule has 15 heteroatoms. The molecule has 39 heavy (non-hydrogen) atoms. The van der Waals surface area contributed by atoms with E-state index in [2.05, 4.69) is 15.8 Å². The molecular formula is C24H23F6N5O4. The van der Waals surface area contributed by atoms with Gasteiger partial charge >= 0.3 is 18.4 Å². The topological polar surface area (TPSA) is 115 Å². The number of nitrogens with one attached hydrogen (secondary N) is 2. The van der Waals surface area contributed by atoms with Crippen molar-refractivity contribution in [2.24, 2.45) is 16.7 Å². The fourth-order valence-electron chi connectivity index (χ4n) is 5.93. The van der Waals surface area contributed by atoms with Gasteiger partial charge in [0.15, 0.2) is 0 Å². The molecule has 1 saturated carbocycles. The third-order valence-electron chi connectivity index (χ3n) is 8.12. The van der Waals surface area contributed by atoms with Crippen LogP contribution >= 0.6 is 0 Å². The second-order valence-corrected chi connectivity index (χ2v) is 10.2. The van der Waals surface area contributed by atoms with E-state index in [1.807, 2.05) is 0 Å². The lowest BCUT2D eigenvalue weighted by Gasteiger charge is -2.29. The number of nitrogens with zero attached hydrogens (tertiary/aromatic N) is 3. The van der Waals surface area contributed by atoms with Crippen LogP contribution in [0.3, 0.4) is 0 Å². The van der Waals surface area contributed by atoms with Gasteiger partial charge in [-0.05, 0) is 43.5 Å². The van der Waals surface area contributed by atoms with Crippen molar-refractivity contribution in [2.45, 2.75) is 31.6 Å². The highest BCUT2D eigenvalue weighted by molar-refractivity contribution is 5.96. The summed E-state index contributed by atoms with van der Waals surface area (Å²) >= 11 is 0. The summed E-state index contributed by atoms with van der Waals surface area (Å²) in [5.74, 6) is -2.32. The highest BCUT2D eigenvalue weighted by Crippen LogP contribution is 2.75. The first kappa shape index (κ1) is 26.8. The Kier molecular flexibility index (Phi) is 6.10. The van der Waals surface area contributed by atoms with Gasteiger partial charge in [-0.25, -0.2) is 4.79 Å². The number of pyridine rings is 1. The van der Waals surface area contributed by atoms with Crippen LogP contribution in [0.4, 0.5) is 36.8 Å². The van der Waals surface area contributed by atoms with Crippen molar-refractivity contribution in [2.75, 3.05) is 31.1 Å². The van der Waals surface area contributed by atoms with Gasteiger partial charge in [-0.1, -0.05) is 0 Å². The van der Waals surface area contributed by atoms with Crippen molar-refractivity contribution >= 4 is 34.5 Å². The molecule has 2 saturated heterocycles. The molecule has 0 unspecified atom stereocenters. The molecule has 5 rings (SSSR count). The molecule has 0 spiro atoms. The van der Waals surface area contributed by atoms with Crippen LogP contribution in [0.1, 0.15) is 24.8 Å². The van der Waals surface area contributed by atoms with Crippen molar-refractivity contribution in [3.8, 4) is 0 Å². The van der Waals surface area contributed by atoms with E-state index in [9.17, 15) is 40.7 Å². The Bertz CT molecular complexity index is 1340. The number of carboxylic acid groups (broad SMARTS) is 1. The van der Waals surface area contributed by atoms with Crippen LogP contribution in [0.25, 0.3) is 10.9 Å². The second-order valence-electron chi connectivity index (χ2n) is 10.2. The number of carbonyl (C=O) groups is 3. The van der Waals surface area contributed by atoms with Gasteiger partial charge < -0.3 is 14.9 Å². The van der Waals surface area contributed by atoms with Gasteiger partial charge in [0.2, 0.25) is 11.8 Å². The van der Waals surface area contributed by atoms with Crippen molar-refractivity contribution < 1.29 is 45.8 Å². The van der Waals surface area contributed by atoms with E-state index in [1.165, 1.54) is 17.0 Å². The molecule has 3 N–H and O–H groups in total. The summed E-state index contributed by atoms with van der Waals surface area (Å²) in [6.45, 7) is -0.873. The Balaban J connectivity index is 1.36. The van der Waals surface area contributed by atoms with E-state index < -0.39 is 77.6 Å². The number of rotatable bonds is 3. The molecule has 2 aromatic rings. The summed E-state index contributed by atoms with van der Waals surface area (Å²) < 4.78 is 83.4. The first-order valence-electron chi connectivity index (χ1n) is 12.0. The molecule has 0 bridgehead atoms.